The number of amides is 1. The van der Waals surface area contributed by atoms with Crippen molar-refractivity contribution in [3.05, 3.63) is 84.2 Å². The van der Waals surface area contributed by atoms with Gasteiger partial charge in [-0.05, 0) is 53.6 Å². The molecule has 0 saturated carbocycles. The Kier molecular flexibility index (Phi) is 3.73. The highest BCUT2D eigenvalue weighted by atomic mass is 19.1. The van der Waals surface area contributed by atoms with Crippen molar-refractivity contribution in [2.75, 3.05) is 0 Å². The summed E-state index contributed by atoms with van der Waals surface area (Å²) in [5.74, 6) is -1.79. The fraction of sp³-hybridized carbons (Fsp3) is 0. The normalized spacial score (nSPS) is 11.0. The van der Waals surface area contributed by atoms with Crippen LogP contribution < -0.4 is 5.73 Å². The Bertz CT molecular complexity index is 1130. The maximum Gasteiger partial charge on any atom is 0.248 e. The molecule has 2 N–H and O–H groups in total. The van der Waals surface area contributed by atoms with E-state index in [0.29, 0.717) is 27.7 Å². The van der Waals surface area contributed by atoms with Gasteiger partial charge in [0.05, 0.1) is 11.0 Å². The zero-order chi connectivity index (χ0) is 18.3. The molecule has 1 heterocycles. The zero-order valence-electron chi connectivity index (χ0n) is 13.5. The summed E-state index contributed by atoms with van der Waals surface area (Å²) in [5, 5.41) is 0. The van der Waals surface area contributed by atoms with Crippen LogP contribution in [0.5, 0.6) is 0 Å². The second-order valence-electron chi connectivity index (χ2n) is 5.89. The molecule has 0 aliphatic rings. The molecule has 0 fully saturated rings. The molecular weight excluding hydrogens is 336 g/mol. The molecule has 0 spiro atoms. The molecule has 4 nitrogen and oxygen atoms in total. The third-order valence-electron chi connectivity index (χ3n) is 4.15. The topological polar surface area (TPSA) is 60.9 Å². The Morgan fingerprint density at radius 2 is 1.69 bits per heavy atom. The highest BCUT2D eigenvalue weighted by Crippen LogP contribution is 2.26. The van der Waals surface area contributed by atoms with Gasteiger partial charge in [-0.15, -0.1) is 0 Å². The lowest BCUT2D eigenvalue weighted by Gasteiger charge is -2.08. The van der Waals surface area contributed by atoms with Crippen molar-refractivity contribution < 1.29 is 13.6 Å². The van der Waals surface area contributed by atoms with Crippen LogP contribution in [0.3, 0.4) is 0 Å². The van der Waals surface area contributed by atoms with Crippen LogP contribution in [0.2, 0.25) is 0 Å². The first-order valence-corrected chi connectivity index (χ1v) is 7.85. The molecule has 128 valence electrons. The number of nitrogens with zero attached hydrogens (tertiary/aromatic N) is 2. The molecule has 1 aromatic heterocycles. The third kappa shape index (κ3) is 2.82. The van der Waals surface area contributed by atoms with E-state index >= 15 is 0 Å². The Hall–Kier alpha value is -3.54. The van der Waals surface area contributed by atoms with E-state index in [4.69, 9.17) is 5.73 Å². The van der Waals surface area contributed by atoms with Crippen LogP contribution in [0.4, 0.5) is 8.78 Å². The number of hydrogen-bond donors (Lipinski definition) is 1. The first-order valence-electron chi connectivity index (χ1n) is 7.85. The molecule has 0 aliphatic heterocycles. The minimum atomic E-state index is -0.635. The molecule has 4 aromatic rings. The van der Waals surface area contributed by atoms with Crippen molar-refractivity contribution in [2.45, 2.75) is 0 Å². The van der Waals surface area contributed by atoms with Crippen molar-refractivity contribution in [1.82, 2.24) is 9.55 Å². The van der Waals surface area contributed by atoms with Gasteiger partial charge in [0.1, 0.15) is 18.0 Å². The molecule has 4 rings (SSSR count). The van der Waals surface area contributed by atoms with Gasteiger partial charge in [0.15, 0.2) is 0 Å². The number of carbonyl (C=O) groups excluding carboxylic acids is 1. The number of halogens is 2. The van der Waals surface area contributed by atoms with E-state index in [-0.39, 0.29) is 0 Å². The molecule has 0 unspecified atom stereocenters. The number of carbonyl (C=O) groups is 1. The van der Waals surface area contributed by atoms with E-state index in [2.05, 4.69) is 4.98 Å². The van der Waals surface area contributed by atoms with Crippen molar-refractivity contribution in [3.63, 3.8) is 0 Å². The van der Waals surface area contributed by atoms with Crippen LogP contribution >= 0.6 is 0 Å². The van der Waals surface area contributed by atoms with E-state index in [1.54, 1.807) is 47.3 Å². The van der Waals surface area contributed by atoms with E-state index < -0.39 is 17.5 Å². The van der Waals surface area contributed by atoms with Gasteiger partial charge in [-0.2, -0.15) is 0 Å². The molecule has 0 bridgehead atoms. The Morgan fingerprint density at radius 1 is 0.923 bits per heavy atom. The second kappa shape index (κ2) is 6.07. The van der Waals surface area contributed by atoms with E-state index in [1.807, 2.05) is 6.07 Å². The highest BCUT2D eigenvalue weighted by molar-refractivity contribution is 5.96. The Balaban J connectivity index is 1.85. The standard InChI is InChI=1S/C20H13F2N3O/c21-15-6-14(7-16(22)10-15)12-2-1-3-17(8-12)25-11-24-18-5-4-13(20(23)26)9-19(18)25/h1-11H,(H2,23,26). The van der Waals surface area contributed by atoms with Crippen LogP contribution in [-0.4, -0.2) is 15.5 Å². The summed E-state index contributed by atoms with van der Waals surface area (Å²) in [6, 6.07) is 15.6. The van der Waals surface area contributed by atoms with Gasteiger partial charge < -0.3 is 5.73 Å². The predicted molar refractivity (Wildman–Crippen MR) is 94.9 cm³/mol. The number of aromatic nitrogens is 2. The van der Waals surface area contributed by atoms with Gasteiger partial charge in [-0.1, -0.05) is 12.1 Å². The minimum absolute atomic E-state index is 0.377. The van der Waals surface area contributed by atoms with E-state index in [1.165, 1.54) is 12.1 Å². The second-order valence-corrected chi connectivity index (χ2v) is 5.89. The molecule has 0 saturated heterocycles. The van der Waals surface area contributed by atoms with Gasteiger partial charge in [-0.3, -0.25) is 9.36 Å². The summed E-state index contributed by atoms with van der Waals surface area (Å²) in [5.41, 5.74) is 8.99. The number of hydrogen-bond acceptors (Lipinski definition) is 2. The number of benzene rings is 3. The van der Waals surface area contributed by atoms with E-state index in [0.717, 1.165) is 11.8 Å². The Morgan fingerprint density at radius 3 is 2.42 bits per heavy atom. The number of primary amides is 1. The van der Waals surface area contributed by atoms with Gasteiger partial charge in [0.25, 0.3) is 0 Å². The minimum Gasteiger partial charge on any atom is -0.366 e. The van der Waals surface area contributed by atoms with Crippen LogP contribution in [0, 0.1) is 11.6 Å². The molecule has 6 heteroatoms. The van der Waals surface area contributed by atoms with Crippen molar-refractivity contribution in [1.29, 1.82) is 0 Å². The summed E-state index contributed by atoms with van der Waals surface area (Å²) >= 11 is 0. The highest BCUT2D eigenvalue weighted by Gasteiger charge is 2.10. The SMILES string of the molecule is NC(=O)c1ccc2ncn(-c3cccc(-c4cc(F)cc(F)c4)c3)c2c1. The summed E-state index contributed by atoms with van der Waals surface area (Å²) in [4.78, 5) is 15.8. The quantitative estimate of drug-likeness (QED) is 0.606. The fourth-order valence-corrected chi connectivity index (χ4v) is 2.92. The average molecular weight is 349 g/mol. The maximum absolute atomic E-state index is 13.5. The number of imidazole rings is 1. The van der Waals surface area contributed by atoms with Crippen LogP contribution in [0.25, 0.3) is 27.8 Å². The van der Waals surface area contributed by atoms with Crippen LogP contribution in [0.1, 0.15) is 10.4 Å². The van der Waals surface area contributed by atoms with Gasteiger partial charge >= 0.3 is 0 Å². The van der Waals surface area contributed by atoms with Crippen molar-refractivity contribution in [3.8, 4) is 16.8 Å². The molecule has 1 amide bonds. The number of nitrogens with two attached hydrogens (primary N) is 1. The first kappa shape index (κ1) is 16.0. The van der Waals surface area contributed by atoms with E-state index in [9.17, 15) is 13.6 Å². The average Bonchev–Trinajstić information content (AvgIpc) is 3.04. The zero-order valence-corrected chi connectivity index (χ0v) is 13.5. The lowest BCUT2D eigenvalue weighted by Crippen LogP contribution is -2.10. The maximum atomic E-state index is 13.5. The molecular formula is C20H13F2N3O. The lowest BCUT2D eigenvalue weighted by atomic mass is 10.0. The smallest absolute Gasteiger partial charge is 0.248 e. The van der Waals surface area contributed by atoms with Gasteiger partial charge in [-0.25, -0.2) is 13.8 Å². The van der Waals surface area contributed by atoms with Crippen molar-refractivity contribution >= 4 is 16.9 Å². The van der Waals surface area contributed by atoms with Gasteiger partial charge in [0.2, 0.25) is 5.91 Å². The lowest BCUT2D eigenvalue weighted by molar-refractivity contribution is 0.100. The van der Waals surface area contributed by atoms with Crippen molar-refractivity contribution in [2.24, 2.45) is 5.73 Å². The largest absolute Gasteiger partial charge is 0.366 e. The van der Waals surface area contributed by atoms with Crippen LogP contribution in [-0.2, 0) is 0 Å². The molecule has 26 heavy (non-hydrogen) atoms. The monoisotopic (exact) mass is 349 g/mol. The van der Waals surface area contributed by atoms with Crippen LogP contribution in [0.15, 0.2) is 67.0 Å². The summed E-state index contributed by atoms with van der Waals surface area (Å²) in [6.45, 7) is 0. The predicted octanol–water partition coefficient (Wildman–Crippen LogP) is 4.07. The number of fused-ring (bicyclic) bond motifs is 1. The molecule has 3 aromatic carbocycles. The number of rotatable bonds is 3. The summed E-state index contributed by atoms with van der Waals surface area (Å²) < 4.78 is 28.8. The fourth-order valence-electron chi connectivity index (χ4n) is 2.92. The molecule has 0 aliphatic carbocycles. The van der Waals surface area contributed by atoms with Gasteiger partial charge in [0, 0.05) is 17.3 Å². The molecule has 0 radical (unpaired) electrons. The Labute approximate surface area is 147 Å². The summed E-state index contributed by atoms with van der Waals surface area (Å²) in [7, 11) is 0. The summed E-state index contributed by atoms with van der Waals surface area (Å²) in [6.07, 6.45) is 1.63. The first-order chi connectivity index (χ1) is 12.5. The molecule has 0 atom stereocenters. The third-order valence-corrected chi connectivity index (χ3v) is 4.15.